The monoisotopic (exact) mass is 243 g/mol. The molecule has 0 spiro atoms. The highest BCUT2D eigenvalue weighted by Crippen LogP contribution is 2.10. The maximum absolute atomic E-state index is 11.0. The Balaban J connectivity index is 2.92. The van der Waals surface area contributed by atoms with Crippen LogP contribution in [0.1, 0.15) is 12.7 Å². The molecule has 0 aliphatic carbocycles. The van der Waals surface area contributed by atoms with Crippen molar-refractivity contribution in [3.63, 3.8) is 0 Å². The Hall–Kier alpha value is -2.03. The molecule has 1 rings (SSSR count). The molecule has 0 radical (unpaired) electrons. The number of hydrogen-bond donors (Lipinski definition) is 2. The molecular weight excluding hydrogens is 234 g/mol. The fourth-order valence-corrected chi connectivity index (χ4v) is 1.28. The predicted octanol–water partition coefficient (Wildman–Crippen LogP) is -0.668. The van der Waals surface area contributed by atoms with Crippen LogP contribution in [0.5, 0.6) is 0 Å². The first-order valence-corrected chi connectivity index (χ1v) is 5.00. The summed E-state index contributed by atoms with van der Waals surface area (Å²) in [5.74, 6) is -0.779. The molecule has 0 aliphatic heterocycles. The largest absolute Gasteiger partial charge is 0.395 e. The quantitative estimate of drug-likeness (QED) is 0.390. The number of hydrogen-bond acceptors (Lipinski definition) is 7. The summed E-state index contributed by atoms with van der Waals surface area (Å²) in [6, 6.07) is 0. The van der Waals surface area contributed by atoms with Gasteiger partial charge < -0.3 is 15.9 Å². The van der Waals surface area contributed by atoms with Gasteiger partial charge in [0.25, 0.3) is 5.91 Å². The van der Waals surface area contributed by atoms with Crippen molar-refractivity contribution in [3.8, 4) is 0 Å². The van der Waals surface area contributed by atoms with E-state index in [-0.39, 0.29) is 16.7 Å². The molecule has 0 aromatic carbocycles. The second kappa shape index (κ2) is 5.75. The zero-order valence-corrected chi connectivity index (χ0v) is 9.15. The third-order valence-electron chi connectivity index (χ3n) is 1.34. The second-order valence-corrected chi connectivity index (χ2v) is 3.16. The zero-order valence-electron chi connectivity index (χ0n) is 8.34. The van der Waals surface area contributed by atoms with E-state index in [0.717, 1.165) is 11.5 Å². The van der Waals surface area contributed by atoms with Crippen molar-refractivity contribution in [3.05, 3.63) is 5.82 Å². The summed E-state index contributed by atoms with van der Waals surface area (Å²) in [7, 11) is 0. The van der Waals surface area contributed by atoms with Gasteiger partial charge in [0.1, 0.15) is 6.61 Å². The van der Waals surface area contributed by atoms with E-state index < -0.39 is 5.91 Å². The van der Waals surface area contributed by atoms with Crippen molar-refractivity contribution in [1.82, 2.24) is 9.36 Å². The molecule has 0 saturated heterocycles. The van der Waals surface area contributed by atoms with Crippen LogP contribution in [0.4, 0.5) is 5.13 Å². The van der Waals surface area contributed by atoms with Gasteiger partial charge in [-0.25, -0.2) is 0 Å². The minimum atomic E-state index is -0.802. The average molecular weight is 243 g/mol. The topological polar surface area (TPSA) is 120 Å². The maximum atomic E-state index is 11.0. The van der Waals surface area contributed by atoms with E-state index >= 15 is 0 Å². The Morgan fingerprint density at radius 2 is 2.50 bits per heavy atom. The zero-order chi connectivity index (χ0) is 12.0. The van der Waals surface area contributed by atoms with Crippen molar-refractivity contribution in [1.29, 1.82) is 0 Å². The standard InChI is InChI=1S/C7H9N5O3S/c1-2-15-11-4(5(8)14)6-10-7(9-3-13)16-12-6/h3H,2H2,1H3,(H2,8,14)(H,9,10,12,13). The van der Waals surface area contributed by atoms with Crippen LogP contribution >= 0.6 is 11.5 Å². The van der Waals surface area contributed by atoms with Crippen LogP contribution in [-0.2, 0) is 14.4 Å². The molecule has 3 N–H and O–H groups in total. The number of nitrogens with one attached hydrogen (secondary N) is 1. The number of carbonyl (C=O) groups excluding carboxylic acids is 2. The number of carbonyl (C=O) groups is 2. The van der Waals surface area contributed by atoms with E-state index in [0.29, 0.717) is 13.0 Å². The molecule has 1 aromatic heterocycles. The Morgan fingerprint density at radius 1 is 1.75 bits per heavy atom. The van der Waals surface area contributed by atoms with Gasteiger partial charge in [-0.3, -0.25) is 9.59 Å². The lowest BCUT2D eigenvalue weighted by Gasteiger charge is -1.96. The average Bonchev–Trinajstić information content (AvgIpc) is 2.67. The van der Waals surface area contributed by atoms with Crippen LogP contribution in [0.2, 0.25) is 0 Å². The van der Waals surface area contributed by atoms with Crippen molar-refractivity contribution >= 4 is 34.7 Å². The number of amides is 2. The maximum Gasteiger partial charge on any atom is 0.274 e. The van der Waals surface area contributed by atoms with E-state index in [9.17, 15) is 9.59 Å². The first kappa shape index (κ1) is 12.0. The number of oxime groups is 1. The SMILES string of the molecule is CCON=C(C(N)=O)c1nsc(NC=O)n1. The second-order valence-electron chi connectivity index (χ2n) is 2.41. The van der Waals surface area contributed by atoms with E-state index in [1.165, 1.54) is 0 Å². The fourth-order valence-electron chi connectivity index (χ4n) is 0.754. The van der Waals surface area contributed by atoms with E-state index in [1.54, 1.807) is 6.92 Å². The Bertz CT molecular complexity index is 416. The minimum absolute atomic E-state index is 0.0234. The highest BCUT2D eigenvalue weighted by molar-refractivity contribution is 7.10. The van der Waals surface area contributed by atoms with Gasteiger partial charge in [-0.05, 0) is 6.92 Å². The summed E-state index contributed by atoms with van der Waals surface area (Å²) in [6.07, 6.45) is 0.452. The Morgan fingerprint density at radius 3 is 3.06 bits per heavy atom. The molecule has 0 fully saturated rings. The lowest BCUT2D eigenvalue weighted by molar-refractivity contribution is -0.112. The summed E-state index contributed by atoms with van der Waals surface area (Å²) >= 11 is 0.906. The van der Waals surface area contributed by atoms with Gasteiger partial charge in [0.05, 0.1) is 0 Å². The van der Waals surface area contributed by atoms with E-state index in [1.807, 2.05) is 0 Å². The van der Waals surface area contributed by atoms with Gasteiger partial charge in [0, 0.05) is 11.5 Å². The lowest BCUT2D eigenvalue weighted by atomic mass is 10.3. The summed E-state index contributed by atoms with van der Waals surface area (Å²) in [5.41, 5.74) is 4.89. The molecule has 0 unspecified atom stereocenters. The smallest absolute Gasteiger partial charge is 0.274 e. The van der Waals surface area contributed by atoms with Crippen molar-refractivity contribution in [2.75, 3.05) is 11.9 Å². The highest BCUT2D eigenvalue weighted by atomic mass is 32.1. The summed E-state index contributed by atoms with van der Waals surface area (Å²) in [6.45, 7) is 2.00. The molecule has 0 aliphatic rings. The summed E-state index contributed by atoms with van der Waals surface area (Å²) in [4.78, 5) is 29.7. The Labute approximate surface area is 94.7 Å². The third kappa shape index (κ3) is 2.98. The Kier molecular flexibility index (Phi) is 4.33. The number of aromatic nitrogens is 2. The van der Waals surface area contributed by atoms with Gasteiger partial charge >= 0.3 is 0 Å². The van der Waals surface area contributed by atoms with Crippen LogP contribution in [0.15, 0.2) is 5.16 Å². The molecule has 16 heavy (non-hydrogen) atoms. The predicted molar refractivity (Wildman–Crippen MR) is 57.0 cm³/mol. The van der Waals surface area contributed by atoms with Gasteiger partial charge in [0.2, 0.25) is 23.1 Å². The van der Waals surface area contributed by atoms with Gasteiger partial charge in [-0.2, -0.15) is 9.36 Å². The molecule has 2 amide bonds. The number of rotatable bonds is 6. The summed E-state index contributed by atoms with van der Waals surface area (Å²) in [5, 5.41) is 6.03. The molecule has 8 nitrogen and oxygen atoms in total. The normalized spacial score (nSPS) is 10.9. The number of anilines is 1. The molecule has 1 aromatic rings. The molecule has 0 saturated carbocycles. The van der Waals surface area contributed by atoms with Crippen molar-refractivity contribution < 1.29 is 14.4 Å². The molecule has 0 atom stereocenters. The van der Waals surface area contributed by atoms with Crippen LogP contribution in [-0.4, -0.2) is 34.0 Å². The van der Waals surface area contributed by atoms with E-state index in [4.69, 9.17) is 10.6 Å². The van der Waals surface area contributed by atoms with Crippen molar-refractivity contribution in [2.45, 2.75) is 6.92 Å². The number of nitrogens with zero attached hydrogens (tertiary/aromatic N) is 3. The van der Waals surface area contributed by atoms with Crippen LogP contribution in [0, 0.1) is 0 Å². The van der Waals surface area contributed by atoms with Crippen molar-refractivity contribution in [2.24, 2.45) is 10.9 Å². The van der Waals surface area contributed by atoms with Crippen LogP contribution in [0.3, 0.4) is 0 Å². The third-order valence-corrected chi connectivity index (χ3v) is 1.98. The fraction of sp³-hybridized carbons (Fsp3) is 0.286. The first-order valence-electron chi connectivity index (χ1n) is 4.23. The molecular formula is C7H9N5O3S. The number of primary amides is 1. The van der Waals surface area contributed by atoms with Crippen LogP contribution in [0.25, 0.3) is 0 Å². The molecule has 0 bridgehead atoms. The van der Waals surface area contributed by atoms with Crippen LogP contribution < -0.4 is 11.1 Å². The minimum Gasteiger partial charge on any atom is -0.395 e. The van der Waals surface area contributed by atoms with Gasteiger partial charge in [-0.1, -0.05) is 5.16 Å². The van der Waals surface area contributed by atoms with Gasteiger partial charge in [-0.15, -0.1) is 0 Å². The van der Waals surface area contributed by atoms with Gasteiger partial charge in [0.15, 0.2) is 0 Å². The molecule has 1 heterocycles. The highest BCUT2D eigenvalue weighted by Gasteiger charge is 2.17. The molecule has 9 heteroatoms. The first-order chi connectivity index (χ1) is 7.69. The lowest BCUT2D eigenvalue weighted by Crippen LogP contribution is -2.25. The summed E-state index contributed by atoms with van der Waals surface area (Å²) < 4.78 is 3.81. The number of nitrogens with two attached hydrogens (primary N) is 1. The molecule has 86 valence electrons. The van der Waals surface area contributed by atoms with E-state index in [2.05, 4.69) is 19.8 Å².